The molecule has 0 aliphatic heterocycles. The molecule has 0 aromatic heterocycles. The van der Waals surface area contributed by atoms with Gasteiger partial charge in [0.1, 0.15) is 11.9 Å². The van der Waals surface area contributed by atoms with Gasteiger partial charge in [-0.1, -0.05) is 23.9 Å². The van der Waals surface area contributed by atoms with Gasteiger partial charge in [0.2, 0.25) is 0 Å². The van der Waals surface area contributed by atoms with E-state index in [2.05, 4.69) is 0 Å². The van der Waals surface area contributed by atoms with Crippen LogP contribution in [0.1, 0.15) is 35.4 Å². The molecule has 2 atom stereocenters. The summed E-state index contributed by atoms with van der Waals surface area (Å²) in [5.74, 6) is 0.0464. The van der Waals surface area contributed by atoms with Crippen molar-refractivity contribution in [2.75, 3.05) is 5.75 Å². The van der Waals surface area contributed by atoms with E-state index < -0.39 is 12.2 Å². The Balaban J connectivity index is 2.73. The molecular weight excluding hydrogens is 268 g/mol. The minimum atomic E-state index is -1.30. The van der Waals surface area contributed by atoms with Crippen LogP contribution in [0.4, 0.5) is 0 Å². The molecule has 0 saturated carbocycles. The van der Waals surface area contributed by atoms with Gasteiger partial charge in [0.25, 0.3) is 0 Å². The SMILES string of the molecule is CC(=O)SCCC(O)C(O)c1cccc(C=O)c1O. The molecule has 0 spiro atoms. The summed E-state index contributed by atoms with van der Waals surface area (Å²) in [6.07, 6.45) is -1.73. The van der Waals surface area contributed by atoms with Crippen molar-refractivity contribution in [3.05, 3.63) is 29.3 Å². The number of thioether (sulfide) groups is 1. The van der Waals surface area contributed by atoms with Gasteiger partial charge in [-0.05, 0) is 12.5 Å². The van der Waals surface area contributed by atoms with Gasteiger partial charge in [0.05, 0.1) is 11.7 Å². The Morgan fingerprint density at radius 3 is 2.68 bits per heavy atom. The average Bonchev–Trinajstić information content (AvgIpc) is 2.37. The van der Waals surface area contributed by atoms with Crippen LogP contribution in [0.25, 0.3) is 0 Å². The number of phenolic OH excluding ortho intramolecular Hbond substituents is 1. The van der Waals surface area contributed by atoms with Crippen LogP contribution >= 0.6 is 11.8 Å². The fraction of sp³-hybridized carbons (Fsp3) is 0.385. The highest BCUT2D eigenvalue weighted by Gasteiger charge is 2.22. The number of carbonyl (C=O) groups excluding carboxylic acids is 2. The summed E-state index contributed by atoms with van der Waals surface area (Å²) in [7, 11) is 0. The molecule has 3 N–H and O–H groups in total. The number of hydrogen-bond acceptors (Lipinski definition) is 6. The monoisotopic (exact) mass is 284 g/mol. The van der Waals surface area contributed by atoms with Crippen molar-refractivity contribution in [2.24, 2.45) is 0 Å². The first-order chi connectivity index (χ1) is 8.97. The smallest absolute Gasteiger partial charge is 0.185 e. The van der Waals surface area contributed by atoms with Crippen LogP contribution in [-0.2, 0) is 4.79 Å². The third-order valence-electron chi connectivity index (χ3n) is 2.63. The van der Waals surface area contributed by atoms with Gasteiger partial charge in [-0.15, -0.1) is 0 Å². The molecule has 1 rings (SSSR count). The second kappa shape index (κ2) is 7.28. The van der Waals surface area contributed by atoms with Crippen LogP contribution < -0.4 is 0 Å². The molecule has 0 heterocycles. The molecule has 0 aliphatic carbocycles. The number of carbonyl (C=O) groups is 2. The molecule has 5 nitrogen and oxygen atoms in total. The van der Waals surface area contributed by atoms with E-state index in [1.165, 1.54) is 25.1 Å². The second-order valence-corrected chi connectivity index (χ2v) is 5.32. The Hall–Kier alpha value is -1.37. The molecule has 1 aromatic rings. The third-order valence-corrected chi connectivity index (χ3v) is 3.47. The molecule has 2 unspecified atom stereocenters. The van der Waals surface area contributed by atoms with E-state index in [0.29, 0.717) is 12.0 Å². The molecule has 0 saturated heterocycles. The first-order valence-corrected chi connectivity index (χ1v) is 6.72. The molecule has 0 bridgehead atoms. The zero-order chi connectivity index (χ0) is 14.4. The second-order valence-electron chi connectivity index (χ2n) is 4.04. The fourth-order valence-corrected chi connectivity index (χ4v) is 2.25. The molecule has 0 fully saturated rings. The van der Waals surface area contributed by atoms with Crippen molar-refractivity contribution in [2.45, 2.75) is 25.6 Å². The van der Waals surface area contributed by atoms with Crippen molar-refractivity contribution in [1.29, 1.82) is 0 Å². The lowest BCUT2D eigenvalue weighted by Crippen LogP contribution is -2.19. The lowest BCUT2D eigenvalue weighted by atomic mass is 9.99. The summed E-state index contributed by atoms with van der Waals surface area (Å²) in [5.41, 5.74) is 0.159. The number of aromatic hydroxyl groups is 1. The maximum absolute atomic E-state index is 10.7. The average molecular weight is 284 g/mol. The van der Waals surface area contributed by atoms with Crippen LogP contribution in [-0.4, -0.2) is 38.6 Å². The van der Waals surface area contributed by atoms with E-state index in [9.17, 15) is 24.9 Å². The number of para-hydroxylation sites is 1. The first kappa shape index (κ1) is 15.7. The number of rotatable bonds is 6. The van der Waals surface area contributed by atoms with E-state index in [0.717, 1.165) is 11.8 Å². The summed E-state index contributed by atoms with van der Waals surface area (Å²) in [6.45, 7) is 1.42. The van der Waals surface area contributed by atoms with Gasteiger partial charge in [0.15, 0.2) is 11.4 Å². The quantitative estimate of drug-likeness (QED) is 0.681. The molecule has 0 amide bonds. The maximum atomic E-state index is 10.7. The summed E-state index contributed by atoms with van der Waals surface area (Å²) < 4.78 is 0. The molecular formula is C13H16O5S. The number of aliphatic hydroxyl groups excluding tert-OH is 2. The zero-order valence-electron chi connectivity index (χ0n) is 10.4. The number of aliphatic hydroxyl groups is 2. The predicted molar refractivity (Wildman–Crippen MR) is 72.2 cm³/mol. The first-order valence-electron chi connectivity index (χ1n) is 5.74. The minimum absolute atomic E-state index is 0.0573. The van der Waals surface area contributed by atoms with Gasteiger partial charge in [-0.25, -0.2) is 0 Å². The van der Waals surface area contributed by atoms with Gasteiger partial charge in [-0.2, -0.15) is 0 Å². The Morgan fingerprint density at radius 1 is 1.42 bits per heavy atom. The van der Waals surface area contributed by atoms with Crippen LogP contribution in [0, 0.1) is 0 Å². The van der Waals surface area contributed by atoms with Gasteiger partial charge in [-0.3, -0.25) is 9.59 Å². The molecule has 1 aromatic carbocycles. The van der Waals surface area contributed by atoms with E-state index >= 15 is 0 Å². The number of aldehydes is 1. The number of hydrogen-bond donors (Lipinski definition) is 3. The zero-order valence-corrected chi connectivity index (χ0v) is 11.3. The Labute approximate surface area is 115 Å². The maximum Gasteiger partial charge on any atom is 0.185 e. The van der Waals surface area contributed by atoms with E-state index in [4.69, 9.17) is 0 Å². The fourth-order valence-electron chi connectivity index (χ4n) is 1.60. The highest BCUT2D eigenvalue weighted by atomic mass is 32.2. The van der Waals surface area contributed by atoms with E-state index in [-0.39, 0.29) is 28.4 Å². The van der Waals surface area contributed by atoms with Crippen molar-refractivity contribution in [3.8, 4) is 5.75 Å². The summed E-state index contributed by atoms with van der Waals surface area (Å²) in [5, 5.41) is 29.4. The molecule has 0 aliphatic rings. The summed E-state index contributed by atoms with van der Waals surface area (Å²) in [6, 6.07) is 4.36. The predicted octanol–water partition coefficient (Wildman–Crippen LogP) is 1.27. The lowest BCUT2D eigenvalue weighted by Gasteiger charge is -2.19. The normalized spacial score (nSPS) is 13.8. The summed E-state index contributed by atoms with van der Waals surface area (Å²) >= 11 is 1.06. The van der Waals surface area contributed by atoms with Crippen LogP contribution in [0.2, 0.25) is 0 Å². The molecule has 19 heavy (non-hydrogen) atoms. The van der Waals surface area contributed by atoms with Crippen molar-refractivity contribution >= 4 is 23.2 Å². The topological polar surface area (TPSA) is 94.8 Å². The van der Waals surface area contributed by atoms with E-state index in [1.807, 2.05) is 0 Å². The molecule has 104 valence electrons. The van der Waals surface area contributed by atoms with Crippen molar-refractivity contribution < 1.29 is 24.9 Å². The third kappa shape index (κ3) is 4.34. The van der Waals surface area contributed by atoms with Crippen LogP contribution in [0.3, 0.4) is 0 Å². The van der Waals surface area contributed by atoms with Gasteiger partial charge in [0, 0.05) is 18.2 Å². The van der Waals surface area contributed by atoms with Crippen molar-refractivity contribution in [1.82, 2.24) is 0 Å². The largest absolute Gasteiger partial charge is 0.507 e. The van der Waals surface area contributed by atoms with Gasteiger partial charge < -0.3 is 15.3 Å². The highest BCUT2D eigenvalue weighted by molar-refractivity contribution is 8.13. The van der Waals surface area contributed by atoms with E-state index in [1.54, 1.807) is 0 Å². The number of phenols is 1. The Morgan fingerprint density at radius 2 is 2.11 bits per heavy atom. The Bertz CT molecular complexity index is 460. The lowest BCUT2D eigenvalue weighted by molar-refractivity contribution is -0.109. The summed E-state index contributed by atoms with van der Waals surface area (Å²) in [4.78, 5) is 21.4. The highest BCUT2D eigenvalue weighted by Crippen LogP contribution is 2.30. The minimum Gasteiger partial charge on any atom is -0.507 e. The van der Waals surface area contributed by atoms with Crippen LogP contribution in [0.15, 0.2) is 18.2 Å². The Kier molecular flexibility index (Phi) is 6.01. The molecule has 0 radical (unpaired) electrons. The van der Waals surface area contributed by atoms with Crippen LogP contribution in [0.5, 0.6) is 5.75 Å². The number of benzene rings is 1. The van der Waals surface area contributed by atoms with Gasteiger partial charge >= 0.3 is 0 Å². The standard InChI is InChI=1S/C13H16O5S/c1-8(15)19-6-5-11(16)13(18)10-4-2-3-9(7-14)12(10)17/h2-4,7,11,13,16-18H,5-6H2,1H3. The molecule has 6 heteroatoms. The van der Waals surface area contributed by atoms with Crippen molar-refractivity contribution in [3.63, 3.8) is 0 Å².